The van der Waals surface area contributed by atoms with Crippen molar-refractivity contribution in [3.63, 3.8) is 0 Å². The van der Waals surface area contributed by atoms with Gasteiger partial charge in [-0.1, -0.05) is 119 Å². The molecule has 0 heterocycles. The maximum atomic E-state index is 4.11. The maximum absolute atomic E-state index is 4.11. The average Bonchev–Trinajstić information content (AvgIpc) is 2.94. The molecule has 0 unspecified atom stereocenters. The Morgan fingerprint density at radius 2 is 1.28 bits per heavy atom. The normalized spacial score (nSPS) is 11.3. The van der Waals surface area contributed by atoms with Crippen LogP contribution in [0.2, 0.25) is 0 Å². The summed E-state index contributed by atoms with van der Waals surface area (Å²) in [6.07, 6.45) is 15.1. The number of benzene rings is 1. The lowest BCUT2D eigenvalue weighted by atomic mass is 10.0. The molecule has 0 radical (unpaired) electrons. The summed E-state index contributed by atoms with van der Waals surface area (Å²) < 4.78 is 0. The van der Waals surface area contributed by atoms with Crippen molar-refractivity contribution >= 4 is 5.71 Å². The van der Waals surface area contributed by atoms with E-state index in [0.29, 0.717) is 0 Å². The van der Waals surface area contributed by atoms with Crippen molar-refractivity contribution in [3.8, 4) is 0 Å². The Balaban J connectivity index is -0.000000207. The van der Waals surface area contributed by atoms with Crippen LogP contribution in [0.5, 0.6) is 0 Å². The number of allylic oxidation sites excluding steroid dienone is 8. The Morgan fingerprint density at radius 1 is 0.795 bits per heavy atom. The van der Waals surface area contributed by atoms with Crippen LogP contribution in [0.15, 0.2) is 88.5 Å². The monoisotopic (exact) mass is 538 g/mol. The van der Waals surface area contributed by atoms with Gasteiger partial charge in [0, 0.05) is 12.8 Å². The van der Waals surface area contributed by atoms with Gasteiger partial charge in [-0.15, -0.1) is 6.58 Å². The molecule has 224 valence electrons. The van der Waals surface area contributed by atoms with E-state index in [9.17, 15) is 0 Å². The molecule has 0 atom stereocenters. The van der Waals surface area contributed by atoms with E-state index in [1.165, 1.54) is 71.9 Å². The summed E-state index contributed by atoms with van der Waals surface area (Å²) >= 11 is 0. The van der Waals surface area contributed by atoms with Crippen LogP contribution in [0, 0.1) is 6.92 Å². The van der Waals surface area contributed by atoms with Gasteiger partial charge in [0.05, 0.1) is 0 Å². The van der Waals surface area contributed by atoms with Crippen LogP contribution in [0.4, 0.5) is 0 Å². The fourth-order valence-electron chi connectivity index (χ4n) is 2.86. The van der Waals surface area contributed by atoms with Crippen molar-refractivity contribution in [2.24, 2.45) is 4.99 Å². The molecule has 39 heavy (non-hydrogen) atoms. The molecule has 0 amide bonds. The highest BCUT2D eigenvalue weighted by Crippen LogP contribution is 2.12. The Labute approximate surface area is 247 Å². The Hall–Kier alpha value is -2.41. The van der Waals surface area contributed by atoms with E-state index < -0.39 is 0 Å². The molecular formula is C38H67N. The molecule has 0 saturated heterocycles. The molecule has 1 nitrogen and oxygen atoms in total. The van der Waals surface area contributed by atoms with Crippen molar-refractivity contribution in [3.05, 3.63) is 94.6 Å². The van der Waals surface area contributed by atoms with Crippen molar-refractivity contribution in [1.29, 1.82) is 0 Å². The molecule has 0 spiro atoms. The maximum Gasteiger partial charge on any atom is 0.0345 e. The van der Waals surface area contributed by atoms with Gasteiger partial charge in [-0.05, 0) is 104 Å². The first-order valence-electron chi connectivity index (χ1n) is 15.2. The molecule has 0 aliphatic heterocycles. The summed E-state index contributed by atoms with van der Waals surface area (Å²) in [6, 6.07) is 8.66. The molecule has 0 saturated carbocycles. The van der Waals surface area contributed by atoms with Crippen LogP contribution in [-0.2, 0) is 6.42 Å². The minimum atomic E-state index is 1.09. The molecule has 1 aromatic rings. The zero-order valence-corrected chi connectivity index (χ0v) is 28.9. The number of rotatable bonds is 10. The number of nitrogens with zero attached hydrogens (tertiary/aromatic N) is 1. The van der Waals surface area contributed by atoms with Crippen molar-refractivity contribution in [2.75, 3.05) is 7.05 Å². The molecule has 0 fully saturated rings. The highest BCUT2D eigenvalue weighted by Gasteiger charge is 1.99. The number of hydrogen-bond donors (Lipinski definition) is 0. The third kappa shape index (κ3) is 31.7. The third-order valence-corrected chi connectivity index (χ3v) is 6.06. The molecule has 0 bridgehead atoms. The Bertz CT molecular complexity index is 841. The Kier molecular flexibility index (Phi) is 35.6. The van der Waals surface area contributed by atoms with Gasteiger partial charge in [0.1, 0.15) is 0 Å². The van der Waals surface area contributed by atoms with Gasteiger partial charge in [0.15, 0.2) is 0 Å². The van der Waals surface area contributed by atoms with Gasteiger partial charge >= 0.3 is 0 Å². The molecule has 0 aliphatic carbocycles. The molecule has 1 rings (SSSR count). The van der Waals surface area contributed by atoms with E-state index in [-0.39, 0.29) is 0 Å². The molecule has 1 aromatic carbocycles. The highest BCUT2D eigenvalue weighted by molar-refractivity contribution is 5.98. The summed E-state index contributed by atoms with van der Waals surface area (Å²) in [6.45, 7) is 34.9. The summed E-state index contributed by atoms with van der Waals surface area (Å²) in [7, 11) is 1.81. The first kappa shape index (κ1) is 43.6. The van der Waals surface area contributed by atoms with Crippen LogP contribution in [0.1, 0.15) is 133 Å². The smallest absolute Gasteiger partial charge is 0.0345 e. The summed E-state index contributed by atoms with van der Waals surface area (Å²) in [5.74, 6) is 0. The second-order valence-electron chi connectivity index (χ2n) is 9.88. The first-order chi connectivity index (χ1) is 18.4. The van der Waals surface area contributed by atoms with Gasteiger partial charge in [0.25, 0.3) is 0 Å². The van der Waals surface area contributed by atoms with Crippen LogP contribution < -0.4 is 0 Å². The molecule has 0 N–H and O–H groups in total. The summed E-state index contributed by atoms with van der Waals surface area (Å²) in [5, 5.41) is 0. The predicted octanol–water partition coefficient (Wildman–Crippen LogP) is 13.0. The zero-order chi connectivity index (χ0) is 31.2. The van der Waals surface area contributed by atoms with Crippen molar-refractivity contribution < 1.29 is 0 Å². The largest absolute Gasteiger partial charge is 0.293 e. The zero-order valence-electron chi connectivity index (χ0n) is 28.9. The van der Waals surface area contributed by atoms with E-state index in [1.54, 1.807) is 0 Å². The van der Waals surface area contributed by atoms with Gasteiger partial charge in [-0.3, -0.25) is 4.99 Å². The number of unbranched alkanes of at least 4 members (excludes halogenated alkanes) is 2. The standard InChI is InChI=1S/C10H17N.C10H18.C9H12.C7H14.C2H6/c1-7(2)8(3)9(4)10(5)11-6;1-4-6-8-10(3)9-7-5-2;1-3-9-6-4-8(2)5-7-9;1-4-5-6-7(2)3;1-2/h1H2,2-6H3;4,6,8H,5,7,9H2,1-3H3;4-7H,3H2,1-2H3;2,4-6H2,1,3H3;1-2H3/b9-8-,11-10?;6-4-,10-8+;;;. The van der Waals surface area contributed by atoms with E-state index in [2.05, 4.69) is 116 Å². The average molecular weight is 538 g/mol. The highest BCUT2D eigenvalue weighted by atomic mass is 14.7. The van der Waals surface area contributed by atoms with Gasteiger partial charge < -0.3 is 0 Å². The fourth-order valence-corrected chi connectivity index (χ4v) is 2.86. The minimum absolute atomic E-state index is 1.09. The van der Waals surface area contributed by atoms with Gasteiger partial charge in [0.2, 0.25) is 0 Å². The quantitative estimate of drug-likeness (QED) is 0.160. The summed E-state index contributed by atoms with van der Waals surface area (Å²) in [4.78, 5) is 4.11. The second-order valence-corrected chi connectivity index (χ2v) is 9.88. The topological polar surface area (TPSA) is 12.4 Å². The fraction of sp³-hybridized carbons (Fsp3) is 0.553. The molecule has 0 aliphatic rings. The van der Waals surface area contributed by atoms with Crippen LogP contribution in [-0.4, -0.2) is 12.8 Å². The van der Waals surface area contributed by atoms with E-state index in [1.807, 2.05) is 41.7 Å². The SMILES string of the molecule is C/C=C\C=C(/C)CCCC.C=C(C)/C(C)=C(/C)C(C)=NC.C=C(C)CCCC.CC.CCc1ccc(C)cc1. The lowest BCUT2D eigenvalue weighted by Gasteiger charge is -2.05. The molecular weight excluding hydrogens is 470 g/mol. The van der Waals surface area contributed by atoms with Crippen LogP contribution >= 0.6 is 0 Å². The Morgan fingerprint density at radius 3 is 1.62 bits per heavy atom. The molecule has 0 aromatic heterocycles. The molecule has 1 heteroatoms. The van der Waals surface area contributed by atoms with E-state index in [0.717, 1.165) is 17.7 Å². The lowest BCUT2D eigenvalue weighted by molar-refractivity contribution is 0.787. The van der Waals surface area contributed by atoms with Gasteiger partial charge in [-0.25, -0.2) is 0 Å². The van der Waals surface area contributed by atoms with E-state index >= 15 is 0 Å². The van der Waals surface area contributed by atoms with Crippen LogP contribution in [0.3, 0.4) is 0 Å². The third-order valence-electron chi connectivity index (χ3n) is 6.06. The second kappa shape index (κ2) is 31.8. The first-order valence-corrected chi connectivity index (χ1v) is 15.2. The minimum Gasteiger partial charge on any atom is -0.293 e. The van der Waals surface area contributed by atoms with Crippen LogP contribution in [0.25, 0.3) is 0 Å². The predicted molar refractivity (Wildman–Crippen MR) is 187 cm³/mol. The van der Waals surface area contributed by atoms with Crippen molar-refractivity contribution in [2.45, 2.75) is 135 Å². The van der Waals surface area contributed by atoms with Crippen molar-refractivity contribution in [1.82, 2.24) is 0 Å². The lowest BCUT2D eigenvalue weighted by Crippen LogP contribution is -1.96. The van der Waals surface area contributed by atoms with E-state index in [4.69, 9.17) is 0 Å². The number of aryl methyl sites for hydroxylation is 2. The number of aliphatic imine (C=N–C) groups is 1. The van der Waals surface area contributed by atoms with Gasteiger partial charge in [-0.2, -0.15) is 0 Å². The number of hydrogen-bond acceptors (Lipinski definition) is 1. The summed E-state index contributed by atoms with van der Waals surface area (Å²) in [5.41, 5.74) is 10.2.